The van der Waals surface area contributed by atoms with Crippen LogP contribution in [0.2, 0.25) is 5.02 Å². The third-order valence-corrected chi connectivity index (χ3v) is 3.73. The summed E-state index contributed by atoms with van der Waals surface area (Å²) in [5.41, 5.74) is 6.41. The monoisotopic (exact) mass is 268 g/mol. The Labute approximate surface area is 108 Å². The van der Waals surface area contributed by atoms with Gasteiger partial charge in [-0.3, -0.25) is 0 Å². The maximum atomic E-state index is 12.8. The zero-order chi connectivity index (χ0) is 12.3. The fourth-order valence-corrected chi connectivity index (χ4v) is 2.44. The number of benzene rings is 1. The molecule has 2 N–H and O–H groups in total. The van der Waals surface area contributed by atoms with Gasteiger partial charge in [0.25, 0.3) is 0 Å². The minimum atomic E-state index is -0.260. The van der Waals surface area contributed by atoms with Crippen molar-refractivity contribution in [1.82, 2.24) is 4.98 Å². The van der Waals surface area contributed by atoms with E-state index in [2.05, 4.69) is 4.98 Å². The first-order chi connectivity index (χ1) is 8.20. The fraction of sp³-hybridized carbons (Fsp3) is 0.0833. The summed E-state index contributed by atoms with van der Waals surface area (Å²) in [5, 5.41) is 1.24. The summed E-state index contributed by atoms with van der Waals surface area (Å²) in [4.78, 5) is 5.07. The van der Waals surface area contributed by atoms with Gasteiger partial charge < -0.3 is 5.73 Å². The largest absolute Gasteiger partial charge is 0.326 e. The number of hydrogen-bond acceptors (Lipinski definition) is 3. The molecule has 0 fully saturated rings. The highest BCUT2D eigenvalue weighted by Gasteiger charge is 2.08. The van der Waals surface area contributed by atoms with Crippen LogP contribution in [0, 0.1) is 5.82 Å². The Hall–Kier alpha value is -1.10. The summed E-state index contributed by atoms with van der Waals surface area (Å²) >= 11 is 7.54. The number of aromatic nitrogens is 1. The van der Waals surface area contributed by atoms with E-state index in [1.807, 2.05) is 0 Å². The quantitative estimate of drug-likeness (QED) is 0.926. The zero-order valence-electron chi connectivity index (χ0n) is 8.86. The van der Waals surface area contributed by atoms with Gasteiger partial charge in [0.15, 0.2) is 0 Å². The molecule has 0 bridgehead atoms. The molecule has 0 saturated carbocycles. The highest BCUT2D eigenvalue weighted by molar-refractivity contribution is 7.99. The number of hydrogen-bond donors (Lipinski definition) is 1. The van der Waals surface area contributed by atoms with Crippen molar-refractivity contribution < 1.29 is 4.39 Å². The summed E-state index contributed by atoms with van der Waals surface area (Å²) < 4.78 is 12.8. The minimum absolute atomic E-state index is 0.260. The molecule has 17 heavy (non-hydrogen) atoms. The highest BCUT2D eigenvalue weighted by atomic mass is 35.5. The average molecular weight is 269 g/mol. The molecule has 2 aromatic rings. The van der Waals surface area contributed by atoms with Crippen LogP contribution in [0.4, 0.5) is 4.39 Å². The number of pyridine rings is 1. The van der Waals surface area contributed by atoms with E-state index in [9.17, 15) is 4.39 Å². The van der Waals surface area contributed by atoms with Gasteiger partial charge in [-0.2, -0.15) is 0 Å². The van der Waals surface area contributed by atoms with Crippen molar-refractivity contribution in [3.8, 4) is 0 Å². The molecule has 1 aromatic carbocycles. The van der Waals surface area contributed by atoms with Crippen LogP contribution in [-0.2, 0) is 6.54 Å². The second-order valence-corrected chi connectivity index (χ2v) is 4.79. The van der Waals surface area contributed by atoms with E-state index in [1.54, 1.807) is 24.4 Å². The Balaban J connectivity index is 2.27. The third kappa shape index (κ3) is 2.97. The summed E-state index contributed by atoms with van der Waals surface area (Å²) in [7, 11) is 0. The van der Waals surface area contributed by atoms with Gasteiger partial charge >= 0.3 is 0 Å². The Bertz CT molecular complexity index is 516. The summed E-state index contributed by atoms with van der Waals surface area (Å²) in [6.07, 6.45) is 1.67. The zero-order valence-corrected chi connectivity index (χ0v) is 10.4. The van der Waals surface area contributed by atoms with Gasteiger partial charge in [-0.15, -0.1) is 0 Å². The predicted octanol–water partition coefficient (Wildman–Crippen LogP) is 3.48. The van der Waals surface area contributed by atoms with Gasteiger partial charge in [0.05, 0.1) is 5.02 Å². The first-order valence-corrected chi connectivity index (χ1v) is 6.17. The van der Waals surface area contributed by atoms with Crippen molar-refractivity contribution >= 4 is 23.4 Å². The molecule has 1 aromatic heterocycles. The molecule has 88 valence electrons. The van der Waals surface area contributed by atoms with Crippen molar-refractivity contribution in [3.63, 3.8) is 0 Å². The van der Waals surface area contributed by atoms with E-state index in [0.717, 1.165) is 10.5 Å². The molecule has 0 saturated heterocycles. The highest BCUT2D eigenvalue weighted by Crippen LogP contribution is 2.33. The van der Waals surface area contributed by atoms with Gasteiger partial charge in [-0.25, -0.2) is 9.37 Å². The Morgan fingerprint density at radius 3 is 2.59 bits per heavy atom. The van der Waals surface area contributed by atoms with E-state index in [4.69, 9.17) is 17.3 Å². The standard InChI is InChI=1S/C12H10ClFN2S/c13-11-8(7-15)5-6-16-12(11)17-10-3-1-9(14)2-4-10/h1-6H,7,15H2. The predicted molar refractivity (Wildman–Crippen MR) is 67.7 cm³/mol. The Morgan fingerprint density at radius 2 is 1.94 bits per heavy atom. The van der Waals surface area contributed by atoms with Crippen molar-refractivity contribution in [2.45, 2.75) is 16.5 Å². The first kappa shape index (κ1) is 12.4. The lowest BCUT2D eigenvalue weighted by molar-refractivity contribution is 0.626. The lowest BCUT2D eigenvalue weighted by Crippen LogP contribution is -1.98. The molecule has 0 aliphatic heterocycles. The molecule has 1 heterocycles. The molecule has 2 rings (SSSR count). The fourth-order valence-electron chi connectivity index (χ4n) is 1.31. The number of nitrogens with two attached hydrogens (primary N) is 1. The van der Waals surface area contributed by atoms with Crippen LogP contribution in [0.5, 0.6) is 0 Å². The summed E-state index contributed by atoms with van der Waals surface area (Å²) in [6, 6.07) is 7.98. The van der Waals surface area contributed by atoms with Crippen LogP contribution >= 0.6 is 23.4 Å². The maximum Gasteiger partial charge on any atom is 0.123 e. The van der Waals surface area contributed by atoms with Gasteiger partial charge in [-0.05, 0) is 35.9 Å². The van der Waals surface area contributed by atoms with Gasteiger partial charge in [0.1, 0.15) is 10.8 Å². The van der Waals surface area contributed by atoms with Crippen LogP contribution in [-0.4, -0.2) is 4.98 Å². The van der Waals surface area contributed by atoms with E-state index in [0.29, 0.717) is 16.6 Å². The molecule has 0 atom stereocenters. The molecule has 0 aliphatic rings. The second-order valence-electron chi connectivity index (χ2n) is 3.35. The second kappa shape index (κ2) is 5.49. The van der Waals surface area contributed by atoms with E-state index >= 15 is 0 Å². The summed E-state index contributed by atoms with van der Waals surface area (Å²) in [5.74, 6) is -0.260. The molecule has 2 nitrogen and oxygen atoms in total. The maximum absolute atomic E-state index is 12.8. The molecule has 0 unspecified atom stereocenters. The van der Waals surface area contributed by atoms with E-state index in [-0.39, 0.29) is 5.82 Å². The van der Waals surface area contributed by atoms with Crippen molar-refractivity contribution in [3.05, 3.63) is 52.9 Å². The number of halogens is 2. The van der Waals surface area contributed by atoms with Crippen molar-refractivity contribution in [1.29, 1.82) is 0 Å². The lowest BCUT2D eigenvalue weighted by atomic mass is 10.3. The van der Waals surface area contributed by atoms with Crippen LogP contribution in [0.25, 0.3) is 0 Å². The molecule has 0 radical (unpaired) electrons. The number of rotatable bonds is 3. The molecule has 5 heteroatoms. The number of nitrogens with zero attached hydrogens (tertiary/aromatic N) is 1. The Morgan fingerprint density at radius 1 is 1.24 bits per heavy atom. The average Bonchev–Trinajstić information content (AvgIpc) is 2.35. The minimum Gasteiger partial charge on any atom is -0.326 e. The van der Waals surface area contributed by atoms with Crippen molar-refractivity contribution in [2.24, 2.45) is 5.73 Å². The van der Waals surface area contributed by atoms with Gasteiger partial charge in [0.2, 0.25) is 0 Å². The topological polar surface area (TPSA) is 38.9 Å². The van der Waals surface area contributed by atoms with Crippen LogP contribution in [0.1, 0.15) is 5.56 Å². The molecule has 0 spiro atoms. The van der Waals surface area contributed by atoms with Crippen LogP contribution < -0.4 is 5.73 Å². The van der Waals surface area contributed by atoms with Gasteiger partial charge in [0, 0.05) is 17.6 Å². The van der Waals surface area contributed by atoms with Crippen molar-refractivity contribution in [2.75, 3.05) is 0 Å². The van der Waals surface area contributed by atoms with Crippen LogP contribution in [0.15, 0.2) is 46.5 Å². The smallest absolute Gasteiger partial charge is 0.123 e. The third-order valence-electron chi connectivity index (χ3n) is 2.19. The molecule has 0 amide bonds. The Kier molecular flexibility index (Phi) is 3.99. The summed E-state index contributed by atoms with van der Waals surface area (Å²) in [6.45, 7) is 0.373. The molecular weight excluding hydrogens is 259 g/mol. The molecular formula is C12H10ClFN2S. The SMILES string of the molecule is NCc1ccnc(Sc2ccc(F)cc2)c1Cl. The van der Waals surface area contributed by atoms with E-state index in [1.165, 1.54) is 23.9 Å². The lowest BCUT2D eigenvalue weighted by Gasteiger charge is -2.06. The molecule has 0 aliphatic carbocycles. The normalized spacial score (nSPS) is 10.5. The first-order valence-electron chi connectivity index (χ1n) is 4.97. The van der Waals surface area contributed by atoms with Crippen LogP contribution in [0.3, 0.4) is 0 Å². The van der Waals surface area contributed by atoms with Gasteiger partial charge in [-0.1, -0.05) is 23.4 Å². The van der Waals surface area contributed by atoms with E-state index < -0.39 is 0 Å².